The summed E-state index contributed by atoms with van der Waals surface area (Å²) in [5.74, 6) is -1.16. The Morgan fingerprint density at radius 2 is 1.78 bits per heavy atom. The van der Waals surface area contributed by atoms with Gasteiger partial charge in [0, 0.05) is 6.07 Å². The Balaban J connectivity index is 0.000000771. The van der Waals surface area contributed by atoms with Gasteiger partial charge in [0.1, 0.15) is 5.82 Å². The van der Waals surface area contributed by atoms with Gasteiger partial charge in [0.05, 0.1) is 6.61 Å². The van der Waals surface area contributed by atoms with E-state index in [0.717, 1.165) is 23.8 Å². The first-order chi connectivity index (χ1) is 8.75. The van der Waals surface area contributed by atoms with Crippen LogP contribution in [0, 0.1) is 17.7 Å². The Bertz CT molecular complexity index is 480. The van der Waals surface area contributed by atoms with Gasteiger partial charge in [-0.2, -0.15) is 30.3 Å². The number of rotatable bonds is 3. The van der Waals surface area contributed by atoms with Crippen LogP contribution in [-0.2, 0) is 22.9 Å². The van der Waals surface area contributed by atoms with Gasteiger partial charge in [-0.25, -0.2) is 8.78 Å². The van der Waals surface area contributed by atoms with Crippen LogP contribution in [0.2, 0.25) is 0 Å². The van der Waals surface area contributed by atoms with Crippen molar-refractivity contribution in [2.75, 3.05) is 0 Å². The number of benzene rings is 2. The van der Waals surface area contributed by atoms with Gasteiger partial charge in [0.2, 0.25) is 0 Å². The molecule has 0 amide bonds. The van der Waals surface area contributed by atoms with Crippen LogP contribution in [0.4, 0.5) is 8.78 Å². The Kier molecular flexibility index (Phi) is 7.06. The molecule has 18 heavy (non-hydrogen) atoms. The van der Waals surface area contributed by atoms with Gasteiger partial charge >= 0.3 is 30.0 Å². The normalized spacial score (nSPS) is 9.39. The molecule has 0 heterocycles. The summed E-state index contributed by atoms with van der Waals surface area (Å²) < 4.78 is 31.2. The Hall–Kier alpha value is -0.797. The van der Waals surface area contributed by atoms with Gasteiger partial charge in [0.15, 0.2) is 11.6 Å². The first kappa shape index (κ1) is 15.3. The van der Waals surface area contributed by atoms with E-state index in [9.17, 15) is 8.78 Å². The van der Waals surface area contributed by atoms with E-state index in [2.05, 4.69) is 19.7 Å². The number of hydrogen-bond acceptors (Lipinski definition) is 1. The molecule has 2 aromatic carbocycles. The summed E-state index contributed by atoms with van der Waals surface area (Å²) in [6.45, 7) is 0.203. The molecule has 90 valence electrons. The van der Waals surface area contributed by atoms with Gasteiger partial charge in [-0.15, -0.1) is 5.56 Å². The third-order valence-electron chi connectivity index (χ3n) is 2.07. The zero-order valence-electron chi connectivity index (χ0n) is 9.50. The molecule has 2 rings (SSSR count). The van der Waals surface area contributed by atoms with E-state index < -0.39 is 11.6 Å². The molecule has 0 unspecified atom stereocenters. The summed E-state index contributed by atoms with van der Waals surface area (Å²) in [6, 6.07) is 13.1. The molecule has 0 aliphatic rings. The van der Waals surface area contributed by atoms with Crippen LogP contribution in [0.1, 0.15) is 5.56 Å². The number of halogens is 3. The minimum atomic E-state index is -0.566. The van der Waals surface area contributed by atoms with Gasteiger partial charge in [-0.3, -0.25) is 0 Å². The van der Waals surface area contributed by atoms with E-state index in [1.807, 2.05) is 0 Å². The second-order valence-electron chi connectivity index (χ2n) is 3.27. The predicted molar refractivity (Wildman–Crippen MR) is 64.9 cm³/mol. The van der Waals surface area contributed by atoms with Gasteiger partial charge in [-0.05, 0) is 12.1 Å². The summed E-state index contributed by atoms with van der Waals surface area (Å²) >= 11 is 4.25. The third kappa shape index (κ3) is 4.83. The van der Waals surface area contributed by atoms with Gasteiger partial charge < -0.3 is 4.74 Å². The molecule has 0 saturated carbocycles. The van der Waals surface area contributed by atoms with Crippen molar-refractivity contribution in [2.24, 2.45) is 0 Å². The quantitative estimate of drug-likeness (QED) is 0.586. The van der Waals surface area contributed by atoms with E-state index in [1.54, 1.807) is 24.3 Å². The standard InChI is InChI=1S/C13H9F2O.BrH.Zn/c14-11-6-7-12(15)13(8-11)16-9-10-4-2-1-3-5-10;;/h2-8H,9H2;1H;/q-1;;+2/p-1. The molecule has 0 saturated heterocycles. The molecule has 0 radical (unpaired) electrons. The number of ether oxygens (including phenoxy) is 1. The second-order valence-corrected chi connectivity index (χ2v) is 3.27. The molecule has 5 heteroatoms. The van der Waals surface area contributed by atoms with Gasteiger partial charge in [0.25, 0.3) is 0 Å². The summed E-state index contributed by atoms with van der Waals surface area (Å²) in [5.41, 5.74) is 0.877. The van der Waals surface area contributed by atoms with E-state index in [1.165, 1.54) is 16.3 Å². The summed E-state index contributed by atoms with van der Waals surface area (Å²) in [5, 5.41) is 0. The summed E-state index contributed by atoms with van der Waals surface area (Å²) in [7, 11) is 0. The van der Waals surface area contributed by atoms with Crippen molar-refractivity contribution >= 4 is 13.6 Å². The van der Waals surface area contributed by atoms with E-state index in [-0.39, 0.29) is 12.4 Å². The van der Waals surface area contributed by atoms with Crippen molar-refractivity contribution in [2.45, 2.75) is 6.61 Å². The van der Waals surface area contributed by atoms with Crippen molar-refractivity contribution in [3.63, 3.8) is 0 Å². The fraction of sp³-hybridized carbons (Fsp3) is 0.0769. The van der Waals surface area contributed by atoms with Crippen molar-refractivity contribution in [3.8, 4) is 5.75 Å². The third-order valence-corrected chi connectivity index (χ3v) is 2.07. The average Bonchev–Trinajstić information content (AvgIpc) is 2.43. The maximum absolute atomic E-state index is 13.2. The molecule has 1 nitrogen and oxygen atoms in total. The van der Waals surface area contributed by atoms with E-state index in [0.29, 0.717) is 0 Å². The zero-order valence-corrected chi connectivity index (χ0v) is 14.1. The first-order valence-corrected chi connectivity index (χ1v) is 12.0. The molecular weight excluding hydrogens is 355 g/mol. The molecule has 0 bridgehead atoms. The van der Waals surface area contributed by atoms with Crippen LogP contribution in [0.5, 0.6) is 5.75 Å². The Morgan fingerprint density at radius 3 is 2.44 bits per heavy atom. The van der Waals surface area contributed by atoms with Crippen LogP contribution in [0.15, 0.2) is 42.5 Å². The predicted octanol–water partition coefficient (Wildman–Crippen LogP) is 4.19. The van der Waals surface area contributed by atoms with E-state index >= 15 is 0 Å². The van der Waals surface area contributed by atoms with Crippen molar-refractivity contribution in [3.05, 3.63) is 65.7 Å². The average molecular weight is 365 g/mol. The van der Waals surface area contributed by atoms with E-state index in [4.69, 9.17) is 4.74 Å². The molecule has 0 N–H and O–H groups in total. The molecule has 0 aliphatic heterocycles. The fourth-order valence-corrected chi connectivity index (χ4v) is 1.27. The minimum absolute atomic E-state index is 0.0761. The number of hydrogen-bond donors (Lipinski definition) is 0. The van der Waals surface area contributed by atoms with Crippen LogP contribution >= 0.6 is 13.6 Å². The summed E-state index contributed by atoms with van der Waals surface area (Å²) in [6.07, 6.45) is 0. The summed E-state index contributed by atoms with van der Waals surface area (Å²) in [4.78, 5) is 0. The zero-order chi connectivity index (χ0) is 13.4. The molecule has 0 fully saturated rings. The maximum atomic E-state index is 13.2. The van der Waals surface area contributed by atoms with Crippen LogP contribution < -0.4 is 4.74 Å². The molecule has 0 spiro atoms. The topological polar surface area (TPSA) is 9.23 Å². The Morgan fingerprint density at radius 1 is 1.11 bits per heavy atom. The fourth-order valence-electron chi connectivity index (χ4n) is 1.27. The van der Waals surface area contributed by atoms with Crippen LogP contribution in [0.25, 0.3) is 0 Å². The molecule has 0 aliphatic carbocycles. The van der Waals surface area contributed by atoms with Crippen molar-refractivity contribution in [1.29, 1.82) is 0 Å². The molecule has 2 aromatic rings. The molecule has 0 atom stereocenters. The van der Waals surface area contributed by atoms with Crippen molar-refractivity contribution < 1.29 is 29.9 Å². The first-order valence-electron chi connectivity index (χ1n) is 5.05. The molecular formula is C13H9BrF2OZn. The van der Waals surface area contributed by atoms with Crippen LogP contribution in [-0.4, -0.2) is 0 Å². The van der Waals surface area contributed by atoms with Gasteiger partial charge in [-0.1, -0.05) is 0 Å². The Labute approximate surface area is 121 Å². The van der Waals surface area contributed by atoms with Crippen LogP contribution in [0.3, 0.4) is 0 Å². The monoisotopic (exact) mass is 362 g/mol. The SMILES string of the molecule is Fc1ccc(F)c(OCc2cc[c-]cc2)c1.[Zn+][Br]. The molecule has 0 aromatic heterocycles. The van der Waals surface area contributed by atoms with Crippen molar-refractivity contribution in [1.82, 2.24) is 0 Å². The second kappa shape index (κ2) is 8.33.